The second-order valence-electron chi connectivity index (χ2n) is 10.2. The molecule has 0 saturated carbocycles. The topological polar surface area (TPSA) is 47.9 Å². The van der Waals surface area contributed by atoms with Crippen molar-refractivity contribution in [1.82, 2.24) is 0 Å². The minimum absolute atomic E-state index is 0.0435. The Hall–Kier alpha value is -3.40. The number of benzene rings is 3. The molecule has 0 unspecified atom stereocenters. The lowest BCUT2D eigenvalue weighted by atomic mass is 9.87. The Morgan fingerprint density at radius 1 is 0.778 bits per heavy atom. The van der Waals surface area contributed by atoms with Crippen LogP contribution in [-0.2, 0) is 5.41 Å². The molecule has 4 nitrogen and oxygen atoms in total. The van der Waals surface area contributed by atoms with Crippen LogP contribution in [0.25, 0.3) is 0 Å². The maximum atomic E-state index is 12.5. The van der Waals surface area contributed by atoms with Gasteiger partial charge >= 0.3 is 5.97 Å². The highest BCUT2D eigenvalue weighted by Gasteiger charge is 2.15. The third-order valence-corrected chi connectivity index (χ3v) is 6.04. The monoisotopic (exact) mass is 485 g/mol. The van der Waals surface area contributed by atoms with Crippen LogP contribution in [0.2, 0.25) is 0 Å². The van der Waals surface area contributed by atoms with Crippen molar-refractivity contribution in [2.24, 2.45) is 4.99 Å². The fourth-order valence-corrected chi connectivity index (χ4v) is 3.74. The van der Waals surface area contributed by atoms with E-state index < -0.39 is 0 Å². The lowest BCUT2D eigenvalue weighted by Crippen LogP contribution is -2.12. The van der Waals surface area contributed by atoms with Gasteiger partial charge in [-0.15, -0.1) is 0 Å². The average molecular weight is 486 g/mol. The molecule has 0 aliphatic rings. The number of nitrogens with zero attached hydrogens (tertiary/aromatic N) is 1. The minimum atomic E-state index is -0.370. The van der Waals surface area contributed by atoms with E-state index in [9.17, 15) is 4.79 Å². The molecule has 0 heterocycles. The predicted octanol–water partition coefficient (Wildman–Crippen LogP) is 8.69. The molecule has 36 heavy (non-hydrogen) atoms. The molecule has 4 heteroatoms. The van der Waals surface area contributed by atoms with E-state index >= 15 is 0 Å². The molecule has 0 atom stereocenters. The molecule has 0 radical (unpaired) electrons. The largest absolute Gasteiger partial charge is 0.494 e. The van der Waals surface area contributed by atoms with Gasteiger partial charge in [-0.2, -0.15) is 0 Å². The summed E-state index contributed by atoms with van der Waals surface area (Å²) in [6.45, 7) is 9.43. The molecule has 0 bridgehead atoms. The number of aliphatic imine (C=N–C) groups is 1. The second-order valence-corrected chi connectivity index (χ2v) is 10.2. The third-order valence-electron chi connectivity index (χ3n) is 6.04. The molecule has 3 aromatic carbocycles. The SMILES string of the molecule is CCCCCCCCOc1ccc(C=Nc2ccc(OC(=O)c3ccc(C(C)(C)C)cc3)cc2)cc1. The number of rotatable bonds is 12. The van der Waals surface area contributed by atoms with Crippen LogP contribution >= 0.6 is 0 Å². The normalized spacial score (nSPS) is 11.6. The van der Waals surface area contributed by atoms with E-state index in [0.29, 0.717) is 11.3 Å². The van der Waals surface area contributed by atoms with Crippen LogP contribution in [0.1, 0.15) is 87.7 Å². The number of ether oxygens (including phenoxy) is 2. The molecule has 0 spiro atoms. The zero-order chi connectivity index (χ0) is 25.8. The Labute approximate surface area is 216 Å². The van der Waals surface area contributed by atoms with Gasteiger partial charge in [0.2, 0.25) is 0 Å². The van der Waals surface area contributed by atoms with Crippen molar-refractivity contribution < 1.29 is 14.3 Å². The number of carbonyl (C=O) groups excluding carboxylic acids is 1. The summed E-state index contributed by atoms with van der Waals surface area (Å²) < 4.78 is 11.4. The first-order valence-electron chi connectivity index (χ1n) is 13.0. The number of hydrogen-bond acceptors (Lipinski definition) is 4. The number of carbonyl (C=O) groups is 1. The first-order valence-corrected chi connectivity index (χ1v) is 13.0. The van der Waals surface area contributed by atoms with Gasteiger partial charge < -0.3 is 9.47 Å². The second kappa shape index (κ2) is 13.6. The summed E-state index contributed by atoms with van der Waals surface area (Å²) in [4.78, 5) is 17.0. The van der Waals surface area contributed by atoms with Gasteiger partial charge in [0.05, 0.1) is 17.9 Å². The van der Waals surface area contributed by atoms with Crippen molar-refractivity contribution in [2.45, 2.75) is 71.6 Å². The Morgan fingerprint density at radius 3 is 2.03 bits per heavy atom. The Balaban J connectivity index is 1.45. The number of hydrogen-bond donors (Lipinski definition) is 0. The van der Waals surface area contributed by atoms with Crippen molar-refractivity contribution in [2.75, 3.05) is 6.61 Å². The minimum Gasteiger partial charge on any atom is -0.494 e. The number of unbranched alkanes of at least 4 members (excludes halogenated alkanes) is 5. The maximum Gasteiger partial charge on any atom is 0.343 e. The fourth-order valence-electron chi connectivity index (χ4n) is 3.74. The summed E-state index contributed by atoms with van der Waals surface area (Å²) in [6, 6.07) is 22.7. The maximum absolute atomic E-state index is 12.5. The Morgan fingerprint density at radius 2 is 1.39 bits per heavy atom. The van der Waals surface area contributed by atoms with Gasteiger partial charge in [-0.3, -0.25) is 4.99 Å². The highest BCUT2D eigenvalue weighted by molar-refractivity contribution is 5.91. The molecule has 0 N–H and O–H groups in total. The van der Waals surface area contributed by atoms with E-state index in [2.05, 4.69) is 32.7 Å². The van der Waals surface area contributed by atoms with E-state index in [1.807, 2.05) is 66.9 Å². The molecule has 0 aromatic heterocycles. The van der Waals surface area contributed by atoms with Crippen LogP contribution in [0.4, 0.5) is 5.69 Å². The molecule has 0 saturated heterocycles. The van der Waals surface area contributed by atoms with Crippen LogP contribution in [0, 0.1) is 0 Å². The van der Waals surface area contributed by atoms with Gasteiger partial charge in [-0.05, 0) is 83.6 Å². The molecule has 3 aromatic rings. The quantitative estimate of drug-likeness (QED) is 0.112. The standard InChI is InChI=1S/C32H39NO3/c1-5-6-7-8-9-10-23-35-29-19-11-25(12-20-29)24-33-28-17-21-30(22-18-28)36-31(34)26-13-15-27(16-14-26)32(2,3)4/h11-22,24H,5-10,23H2,1-4H3. The summed E-state index contributed by atoms with van der Waals surface area (Å²) in [5, 5.41) is 0. The third kappa shape index (κ3) is 8.99. The van der Waals surface area contributed by atoms with E-state index in [4.69, 9.17) is 9.47 Å². The van der Waals surface area contributed by atoms with Crippen molar-refractivity contribution in [3.05, 3.63) is 89.5 Å². The van der Waals surface area contributed by atoms with Crippen molar-refractivity contribution in [3.63, 3.8) is 0 Å². The summed E-state index contributed by atoms with van der Waals surface area (Å²) in [5.74, 6) is 1.01. The van der Waals surface area contributed by atoms with Crippen molar-refractivity contribution in [3.8, 4) is 11.5 Å². The zero-order valence-corrected chi connectivity index (χ0v) is 22.1. The highest BCUT2D eigenvalue weighted by atomic mass is 16.5. The van der Waals surface area contributed by atoms with Crippen molar-refractivity contribution in [1.29, 1.82) is 0 Å². The van der Waals surface area contributed by atoms with Gasteiger partial charge in [0.1, 0.15) is 11.5 Å². The Kier molecular flexibility index (Phi) is 10.3. The first kappa shape index (κ1) is 27.2. The fraction of sp³-hybridized carbons (Fsp3) is 0.375. The van der Waals surface area contributed by atoms with Crippen LogP contribution in [-0.4, -0.2) is 18.8 Å². The van der Waals surface area contributed by atoms with Crippen LogP contribution in [0.3, 0.4) is 0 Å². The van der Waals surface area contributed by atoms with Gasteiger partial charge in [0.25, 0.3) is 0 Å². The van der Waals surface area contributed by atoms with Gasteiger partial charge in [-0.25, -0.2) is 4.79 Å². The molecule has 3 rings (SSSR count). The molecular weight excluding hydrogens is 446 g/mol. The Bertz CT molecular complexity index is 1090. The summed E-state index contributed by atoms with van der Waals surface area (Å²) >= 11 is 0. The van der Waals surface area contributed by atoms with Gasteiger partial charge in [0.15, 0.2) is 0 Å². The number of esters is 1. The van der Waals surface area contributed by atoms with E-state index in [0.717, 1.165) is 30.0 Å². The predicted molar refractivity (Wildman–Crippen MR) is 149 cm³/mol. The molecule has 0 amide bonds. The lowest BCUT2D eigenvalue weighted by molar-refractivity contribution is 0.0734. The van der Waals surface area contributed by atoms with Gasteiger partial charge in [-0.1, -0.05) is 71.9 Å². The molecule has 0 aliphatic carbocycles. The van der Waals surface area contributed by atoms with Crippen molar-refractivity contribution >= 4 is 17.9 Å². The van der Waals surface area contributed by atoms with E-state index in [-0.39, 0.29) is 11.4 Å². The summed E-state index contributed by atoms with van der Waals surface area (Å²) in [7, 11) is 0. The molecule has 190 valence electrons. The highest BCUT2D eigenvalue weighted by Crippen LogP contribution is 2.23. The molecule has 0 aliphatic heterocycles. The van der Waals surface area contributed by atoms with Crippen LogP contribution in [0.15, 0.2) is 77.8 Å². The lowest BCUT2D eigenvalue weighted by Gasteiger charge is -2.18. The summed E-state index contributed by atoms with van der Waals surface area (Å²) in [6.07, 6.45) is 9.37. The van der Waals surface area contributed by atoms with E-state index in [1.165, 1.54) is 37.7 Å². The average Bonchev–Trinajstić information content (AvgIpc) is 2.88. The summed E-state index contributed by atoms with van der Waals surface area (Å²) in [5.41, 5.74) is 3.53. The van der Waals surface area contributed by atoms with Crippen LogP contribution in [0.5, 0.6) is 11.5 Å². The first-order chi connectivity index (χ1) is 17.3. The van der Waals surface area contributed by atoms with E-state index in [1.54, 1.807) is 12.1 Å². The molecule has 0 fully saturated rings. The molecular formula is C32H39NO3. The van der Waals surface area contributed by atoms with Crippen LogP contribution < -0.4 is 9.47 Å². The van der Waals surface area contributed by atoms with Gasteiger partial charge in [0, 0.05) is 6.21 Å². The zero-order valence-electron chi connectivity index (χ0n) is 22.1. The smallest absolute Gasteiger partial charge is 0.343 e.